The summed E-state index contributed by atoms with van der Waals surface area (Å²) in [4.78, 5) is 34.0. The molecule has 1 aliphatic rings. The van der Waals surface area contributed by atoms with Gasteiger partial charge in [0.2, 0.25) is 0 Å². The summed E-state index contributed by atoms with van der Waals surface area (Å²) in [6.07, 6.45) is 2.24. The molecule has 6 nitrogen and oxygen atoms in total. The highest BCUT2D eigenvalue weighted by molar-refractivity contribution is 7.07. The van der Waals surface area contributed by atoms with E-state index in [9.17, 15) is 9.59 Å². The van der Waals surface area contributed by atoms with Gasteiger partial charge in [-0.1, -0.05) is 0 Å². The van der Waals surface area contributed by atoms with E-state index in [0.29, 0.717) is 34.9 Å². The summed E-state index contributed by atoms with van der Waals surface area (Å²) in [5.74, 6) is 0.180. The molecule has 26 heavy (non-hydrogen) atoms. The summed E-state index contributed by atoms with van der Waals surface area (Å²) in [6.45, 7) is 1.55. The molecular formula is C19H19N3O3S. The average Bonchev–Trinajstić information content (AvgIpc) is 3.32. The fourth-order valence-corrected chi connectivity index (χ4v) is 4.26. The van der Waals surface area contributed by atoms with Gasteiger partial charge in [-0.3, -0.25) is 9.69 Å². The van der Waals surface area contributed by atoms with E-state index in [-0.39, 0.29) is 5.56 Å². The molecular weight excluding hydrogens is 350 g/mol. The third kappa shape index (κ3) is 3.15. The molecule has 1 fully saturated rings. The number of aromatic amines is 1. The highest BCUT2D eigenvalue weighted by Gasteiger charge is 2.27. The second-order valence-electron chi connectivity index (χ2n) is 6.42. The Kier molecular flexibility index (Phi) is 4.57. The number of carbonyl (C=O) groups is 1. The molecule has 1 saturated heterocycles. The van der Waals surface area contributed by atoms with Crippen molar-refractivity contribution in [1.29, 1.82) is 0 Å². The highest BCUT2D eigenvalue weighted by Crippen LogP contribution is 2.33. The number of fused-ring (bicyclic) bond motifs is 1. The molecule has 0 saturated carbocycles. The van der Waals surface area contributed by atoms with Crippen LogP contribution in [0.5, 0.6) is 0 Å². The number of likely N-dealkylation sites (tertiary alicyclic amines) is 1. The number of hydrogen-bond donors (Lipinski definition) is 1. The summed E-state index contributed by atoms with van der Waals surface area (Å²) in [6, 6.07) is 7.33. The van der Waals surface area contributed by atoms with Gasteiger partial charge in [0.1, 0.15) is 5.82 Å². The average molecular weight is 369 g/mol. The molecule has 134 valence electrons. The van der Waals surface area contributed by atoms with Crippen molar-refractivity contribution in [2.45, 2.75) is 25.4 Å². The third-order valence-electron chi connectivity index (χ3n) is 4.82. The Balaban J connectivity index is 1.66. The van der Waals surface area contributed by atoms with Crippen LogP contribution in [0.1, 0.15) is 40.6 Å². The predicted molar refractivity (Wildman–Crippen MR) is 100 cm³/mol. The van der Waals surface area contributed by atoms with E-state index in [1.165, 1.54) is 12.7 Å². The summed E-state index contributed by atoms with van der Waals surface area (Å²) in [5.41, 5.74) is 2.04. The van der Waals surface area contributed by atoms with Crippen LogP contribution < -0.4 is 5.56 Å². The minimum absolute atomic E-state index is 0.187. The molecule has 0 radical (unpaired) electrons. The second kappa shape index (κ2) is 7.01. The van der Waals surface area contributed by atoms with Gasteiger partial charge in [0.05, 0.1) is 30.1 Å². The van der Waals surface area contributed by atoms with Crippen LogP contribution in [0.4, 0.5) is 0 Å². The predicted octanol–water partition coefficient (Wildman–Crippen LogP) is 3.11. The van der Waals surface area contributed by atoms with E-state index in [4.69, 9.17) is 4.74 Å². The van der Waals surface area contributed by atoms with Crippen LogP contribution in [-0.4, -0.2) is 34.5 Å². The van der Waals surface area contributed by atoms with Crippen LogP contribution in [0.3, 0.4) is 0 Å². The van der Waals surface area contributed by atoms with Crippen LogP contribution >= 0.6 is 11.3 Å². The van der Waals surface area contributed by atoms with Gasteiger partial charge >= 0.3 is 5.97 Å². The Bertz CT molecular complexity index is 997. The largest absolute Gasteiger partial charge is 0.465 e. The first-order chi connectivity index (χ1) is 12.7. The Hall–Kier alpha value is -2.51. The Morgan fingerprint density at radius 1 is 1.42 bits per heavy atom. The fourth-order valence-electron chi connectivity index (χ4n) is 3.56. The number of benzene rings is 1. The van der Waals surface area contributed by atoms with E-state index in [0.717, 1.165) is 19.4 Å². The minimum atomic E-state index is -0.437. The van der Waals surface area contributed by atoms with E-state index in [2.05, 4.69) is 31.7 Å². The zero-order valence-electron chi connectivity index (χ0n) is 14.4. The highest BCUT2D eigenvalue weighted by atomic mass is 32.1. The number of H-pyrrole nitrogens is 1. The molecule has 0 aliphatic carbocycles. The number of hydrogen-bond acceptors (Lipinski definition) is 6. The first kappa shape index (κ1) is 16.9. The van der Waals surface area contributed by atoms with Crippen molar-refractivity contribution in [3.63, 3.8) is 0 Å². The van der Waals surface area contributed by atoms with E-state index >= 15 is 0 Å². The van der Waals surface area contributed by atoms with Crippen LogP contribution in [0.2, 0.25) is 0 Å². The summed E-state index contributed by atoms with van der Waals surface area (Å²) < 4.78 is 4.75. The molecule has 1 atom stereocenters. The number of rotatable bonds is 4. The molecule has 2 aromatic heterocycles. The lowest BCUT2D eigenvalue weighted by molar-refractivity contribution is 0.0601. The summed E-state index contributed by atoms with van der Waals surface area (Å²) >= 11 is 1.70. The topological polar surface area (TPSA) is 75.3 Å². The number of nitrogens with one attached hydrogen (secondary N) is 1. The van der Waals surface area contributed by atoms with Crippen molar-refractivity contribution in [3.8, 4) is 0 Å². The lowest BCUT2D eigenvalue weighted by Crippen LogP contribution is -2.25. The molecule has 1 aliphatic heterocycles. The standard InChI is InChI=1S/C19H19N3O3S/c1-25-19(24)12-4-5-14-15(9-12)20-17(21-18(14)23)10-22-7-2-3-16(22)13-6-8-26-11-13/h4-6,8-9,11,16H,2-3,7,10H2,1H3,(H,20,21,23)/t16-/m1/s1. The summed E-state index contributed by atoms with van der Waals surface area (Å²) in [5, 5.41) is 4.75. The Morgan fingerprint density at radius 3 is 3.08 bits per heavy atom. The molecule has 0 unspecified atom stereocenters. The van der Waals surface area contributed by atoms with E-state index in [1.807, 2.05) is 0 Å². The molecule has 3 aromatic rings. The van der Waals surface area contributed by atoms with Gasteiger partial charge in [-0.2, -0.15) is 11.3 Å². The molecule has 1 N–H and O–H groups in total. The molecule has 0 amide bonds. The van der Waals surface area contributed by atoms with Gasteiger partial charge in [-0.25, -0.2) is 9.78 Å². The smallest absolute Gasteiger partial charge is 0.337 e. The second-order valence-corrected chi connectivity index (χ2v) is 7.20. The normalized spacial score (nSPS) is 17.7. The van der Waals surface area contributed by atoms with E-state index < -0.39 is 5.97 Å². The van der Waals surface area contributed by atoms with Crippen LogP contribution in [-0.2, 0) is 11.3 Å². The minimum Gasteiger partial charge on any atom is -0.465 e. The number of ether oxygens (including phenoxy) is 1. The zero-order valence-corrected chi connectivity index (χ0v) is 15.2. The van der Waals surface area contributed by atoms with Gasteiger partial charge < -0.3 is 9.72 Å². The van der Waals surface area contributed by atoms with Gasteiger partial charge in [-0.05, 0) is 60.0 Å². The van der Waals surface area contributed by atoms with Crippen molar-refractivity contribution in [2.24, 2.45) is 0 Å². The number of carbonyl (C=O) groups excluding carboxylic acids is 1. The quantitative estimate of drug-likeness (QED) is 0.715. The van der Waals surface area contributed by atoms with Crippen molar-refractivity contribution in [2.75, 3.05) is 13.7 Å². The van der Waals surface area contributed by atoms with E-state index in [1.54, 1.807) is 29.5 Å². The monoisotopic (exact) mass is 369 g/mol. The van der Waals surface area contributed by atoms with Crippen LogP contribution in [0.25, 0.3) is 10.9 Å². The zero-order chi connectivity index (χ0) is 18.1. The van der Waals surface area contributed by atoms with Crippen molar-refractivity contribution < 1.29 is 9.53 Å². The van der Waals surface area contributed by atoms with Crippen molar-refractivity contribution in [1.82, 2.24) is 14.9 Å². The maximum absolute atomic E-state index is 12.4. The van der Waals surface area contributed by atoms with Gasteiger partial charge in [0.15, 0.2) is 0 Å². The number of nitrogens with zero attached hydrogens (tertiary/aromatic N) is 2. The number of esters is 1. The van der Waals surface area contributed by atoms with Gasteiger partial charge in [-0.15, -0.1) is 0 Å². The fraction of sp³-hybridized carbons (Fsp3) is 0.316. The third-order valence-corrected chi connectivity index (χ3v) is 5.52. The maximum Gasteiger partial charge on any atom is 0.337 e. The molecule has 1 aromatic carbocycles. The lowest BCUT2D eigenvalue weighted by atomic mass is 10.1. The first-order valence-electron chi connectivity index (χ1n) is 8.53. The SMILES string of the molecule is COC(=O)c1ccc2c(=O)[nH]c(CN3CCC[C@@H]3c3ccsc3)nc2c1. The number of aromatic nitrogens is 2. The van der Waals surface area contributed by atoms with Gasteiger partial charge in [0, 0.05) is 6.04 Å². The Morgan fingerprint density at radius 2 is 2.31 bits per heavy atom. The first-order valence-corrected chi connectivity index (χ1v) is 9.47. The van der Waals surface area contributed by atoms with Crippen LogP contribution in [0, 0.1) is 0 Å². The Labute approximate surface area is 154 Å². The molecule has 7 heteroatoms. The summed E-state index contributed by atoms with van der Waals surface area (Å²) in [7, 11) is 1.33. The number of methoxy groups -OCH3 is 1. The van der Waals surface area contributed by atoms with Crippen LogP contribution in [0.15, 0.2) is 39.8 Å². The van der Waals surface area contributed by atoms with Gasteiger partial charge in [0.25, 0.3) is 5.56 Å². The van der Waals surface area contributed by atoms with Crippen molar-refractivity contribution >= 4 is 28.2 Å². The molecule has 3 heterocycles. The number of thiophene rings is 1. The molecule has 0 spiro atoms. The molecule has 0 bridgehead atoms. The lowest BCUT2D eigenvalue weighted by Gasteiger charge is -2.23. The molecule has 4 rings (SSSR count). The maximum atomic E-state index is 12.4. The van der Waals surface area contributed by atoms with Crippen molar-refractivity contribution in [3.05, 3.63) is 62.3 Å².